The summed E-state index contributed by atoms with van der Waals surface area (Å²) in [6.07, 6.45) is 26.7. The van der Waals surface area contributed by atoms with Crippen LogP contribution in [0.4, 0.5) is 32.1 Å². The molecule has 0 amide bonds. The second kappa shape index (κ2) is 29.3. The number of hydrogen-bond donors (Lipinski definition) is 5. The van der Waals surface area contributed by atoms with Crippen LogP contribution in [0.3, 0.4) is 0 Å². The molecule has 14 aromatic heterocycles. The number of imidazole rings is 3. The summed E-state index contributed by atoms with van der Waals surface area (Å²) < 4.78 is 63.5. The number of nitrogens with two attached hydrogens (primary N) is 4. The van der Waals surface area contributed by atoms with Crippen molar-refractivity contribution in [3.05, 3.63) is 205 Å². The molecule has 0 aliphatic heterocycles. The Balaban J connectivity index is 0.000000137. The van der Waals surface area contributed by atoms with Gasteiger partial charge in [-0.15, -0.1) is 0 Å². The first kappa shape index (κ1) is 67.3. The van der Waals surface area contributed by atoms with Gasteiger partial charge in [0, 0.05) is 84.4 Å². The molecule has 14 heterocycles. The zero-order chi connectivity index (χ0) is 69.4. The number of benzene rings is 1. The number of esters is 2. The quantitative estimate of drug-likeness (QED) is 0.0499. The van der Waals surface area contributed by atoms with E-state index in [1.54, 1.807) is 82.6 Å². The highest BCUT2D eigenvalue weighted by molar-refractivity contribution is 6.31. The molecule has 0 saturated heterocycles. The molecular formula is C64H49ClF2N22O11. The van der Waals surface area contributed by atoms with E-state index >= 15 is 0 Å². The number of nitrogen functional groups attached to an aromatic ring is 4. The van der Waals surface area contributed by atoms with E-state index in [2.05, 4.69) is 79.5 Å². The number of ketones is 1. The standard InChI is InChI=1S/C23H16F2N6O2.C16H12N6O3.C15H10N6O3.C9H7ClN4O3.CH4/c24-15-2-1-3-16(25)14(15)5-6-17(32)20-22(26)30-21(23-28-9-11-33-23)19(29-20)13-4-7-18-27-8-10-31(18)12-13;1-24-16(23)13-14(17)21-12(15-19-5-7-25-15)11(20-13)9-2-3-10-18-4-6-22(10)8-9;16-13-12(15(22)23)19-10(11(20-13)14-18-4-6-24-14)8-1-2-9-17-3-5-21(9)7-8;1-16-9(15)5-7(11)14-4(6(10)13-5)8-12-2-3-17-8;/h1-4,7-12H,5-6H2,(H2,26,30);2-8H,1H3,(H2,17,21);1-7H,(H2,16,20)(H,22,23);2-3H,1H3,(H2,11,14);1H4. The second-order valence-electron chi connectivity index (χ2n) is 20.2. The lowest BCUT2D eigenvalue weighted by atomic mass is 10.0. The Labute approximate surface area is 564 Å². The fourth-order valence-corrected chi connectivity index (χ4v) is 9.69. The van der Waals surface area contributed by atoms with Crippen molar-refractivity contribution in [2.45, 2.75) is 20.3 Å². The summed E-state index contributed by atoms with van der Waals surface area (Å²) in [4.78, 5) is 110. The Kier molecular flexibility index (Phi) is 19.7. The van der Waals surface area contributed by atoms with Gasteiger partial charge in [0.05, 0.1) is 39.0 Å². The molecule has 100 heavy (non-hydrogen) atoms. The predicted molar refractivity (Wildman–Crippen MR) is 351 cm³/mol. The molecule has 15 rings (SSSR count). The predicted octanol–water partition coefficient (Wildman–Crippen LogP) is 9.45. The number of ether oxygens (including phenoxy) is 2. The number of carbonyl (C=O) groups excluding carboxylic acids is 3. The van der Waals surface area contributed by atoms with Crippen LogP contribution in [0.2, 0.25) is 5.15 Å². The van der Waals surface area contributed by atoms with Crippen molar-refractivity contribution in [2.24, 2.45) is 0 Å². The lowest BCUT2D eigenvalue weighted by Crippen LogP contribution is -2.12. The molecule has 0 bridgehead atoms. The van der Waals surface area contributed by atoms with Gasteiger partial charge < -0.3 is 68.4 Å². The van der Waals surface area contributed by atoms with E-state index in [4.69, 9.17) is 56.9 Å². The van der Waals surface area contributed by atoms with Crippen molar-refractivity contribution in [3.8, 4) is 80.1 Å². The largest absolute Gasteiger partial charge is 0.476 e. The monoisotopic (exact) mass is 1370 g/mol. The highest BCUT2D eigenvalue weighted by Gasteiger charge is 2.27. The number of Topliss-reactive ketones (excluding diaryl/α,β-unsaturated/α-hetero) is 1. The van der Waals surface area contributed by atoms with E-state index in [0.29, 0.717) is 39.5 Å². The Morgan fingerprint density at radius 1 is 0.460 bits per heavy atom. The van der Waals surface area contributed by atoms with Crippen LogP contribution in [0.15, 0.2) is 178 Å². The molecule has 0 atom stereocenters. The van der Waals surface area contributed by atoms with Gasteiger partial charge in [-0.3, -0.25) is 4.79 Å². The molecule has 0 saturated carbocycles. The van der Waals surface area contributed by atoms with E-state index < -0.39 is 35.3 Å². The fourth-order valence-electron chi connectivity index (χ4n) is 9.49. The molecule has 1 aromatic carbocycles. The number of hydrogen-bond acceptors (Lipinski definition) is 29. The van der Waals surface area contributed by atoms with Gasteiger partial charge in [0.2, 0.25) is 23.6 Å². The van der Waals surface area contributed by atoms with Crippen LogP contribution in [0.25, 0.3) is 97.1 Å². The lowest BCUT2D eigenvalue weighted by Gasteiger charge is -2.11. The van der Waals surface area contributed by atoms with Crippen LogP contribution in [0, 0.1) is 11.6 Å². The second-order valence-corrected chi connectivity index (χ2v) is 20.5. The minimum absolute atomic E-state index is 0. The fraction of sp³-hybridized carbons (Fsp3) is 0.0781. The average molecular weight is 1380 g/mol. The van der Waals surface area contributed by atoms with Crippen molar-refractivity contribution in [2.75, 3.05) is 37.2 Å². The number of aromatic nitrogens is 18. The molecule has 0 radical (unpaired) electrons. The Hall–Kier alpha value is -14.1. The molecular weight excluding hydrogens is 1330 g/mol. The van der Waals surface area contributed by atoms with Crippen LogP contribution in [-0.2, 0) is 15.9 Å². The molecule has 502 valence electrons. The van der Waals surface area contributed by atoms with E-state index in [9.17, 15) is 33.1 Å². The number of halogens is 3. The van der Waals surface area contributed by atoms with Crippen molar-refractivity contribution >= 4 is 75.5 Å². The molecule has 0 aliphatic carbocycles. The normalized spacial score (nSPS) is 10.8. The smallest absolute Gasteiger partial charge is 0.360 e. The van der Waals surface area contributed by atoms with Crippen molar-refractivity contribution < 1.29 is 60.2 Å². The van der Waals surface area contributed by atoms with E-state index in [-0.39, 0.29) is 118 Å². The zero-order valence-electron chi connectivity index (χ0n) is 50.9. The van der Waals surface area contributed by atoms with Crippen LogP contribution in [0.5, 0.6) is 0 Å². The summed E-state index contributed by atoms with van der Waals surface area (Å²) in [6.45, 7) is 0. The first-order chi connectivity index (χ1) is 47.9. The summed E-state index contributed by atoms with van der Waals surface area (Å²) >= 11 is 5.86. The van der Waals surface area contributed by atoms with E-state index in [1.807, 2.05) is 22.7 Å². The maximum Gasteiger partial charge on any atom is 0.360 e. The first-order valence-corrected chi connectivity index (χ1v) is 28.9. The minimum atomic E-state index is -1.26. The number of oxazole rings is 4. The molecule has 9 N–H and O–H groups in total. The number of aromatic carboxylic acids is 1. The summed E-state index contributed by atoms with van der Waals surface area (Å²) in [6, 6.07) is 14.3. The van der Waals surface area contributed by atoms with Gasteiger partial charge in [0.25, 0.3) is 0 Å². The molecule has 33 nitrogen and oxygen atoms in total. The maximum atomic E-state index is 14.0. The van der Waals surface area contributed by atoms with Crippen molar-refractivity contribution in [3.63, 3.8) is 0 Å². The van der Waals surface area contributed by atoms with Gasteiger partial charge >= 0.3 is 17.9 Å². The van der Waals surface area contributed by atoms with Gasteiger partial charge in [-0.2, -0.15) is 0 Å². The molecule has 15 aromatic rings. The van der Waals surface area contributed by atoms with Crippen molar-refractivity contribution in [1.29, 1.82) is 0 Å². The van der Waals surface area contributed by atoms with Crippen LogP contribution < -0.4 is 22.9 Å². The number of rotatable bonds is 14. The Bertz CT molecular complexity index is 5460. The number of carbonyl (C=O) groups is 4. The van der Waals surface area contributed by atoms with Crippen LogP contribution in [-0.4, -0.2) is 131 Å². The van der Waals surface area contributed by atoms with Gasteiger partial charge in [-0.1, -0.05) is 25.1 Å². The lowest BCUT2D eigenvalue weighted by molar-refractivity contribution is 0.0586. The number of carboxylic acid groups (broad SMARTS) is 1. The van der Waals surface area contributed by atoms with Gasteiger partial charge in [0.15, 0.2) is 74.1 Å². The average Bonchev–Trinajstić information content (AvgIpc) is 1.43. The topological polar surface area (TPSA) is 470 Å². The minimum Gasteiger partial charge on any atom is -0.476 e. The van der Waals surface area contributed by atoms with Gasteiger partial charge in [-0.25, -0.2) is 97.9 Å². The molecule has 0 unspecified atom stereocenters. The third-order valence-corrected chi connectivity index (χ3v) is 14.3. The SMILES string of the molecule is C.COC(=O)c1nc(-c2ccc3nccn3c2)c(-c2ncco2)nc1N.COC(=O)c1nc(Cl)c(-c2ncco2)nc1N.Nc1nc(-c2ncco2)c(-c2ccc3nccn3c2)nc1C(=O)CCc1c(F)cccc1F.Nc1nc(-c2ncco2)c(-c2ccc3nccn3c2)nc1C(=O)O. The number of methoxy groups -OCH3 is 2. The highest BCUT2D eigenvalue weighted by Crippen LogP contribution is 2.34. The number of pyridine rings is 3. The molecule has 0 aliphatic rings. The van der Waals surface area contributed by atoms with Gasteiger partial charge in [0.1, 0.15) is 76.4 Å². The van der Waals surface area contributed by atoms with Crippen LogP contribution in [0.1, 0.15) is 61.4 Å². The Morgan fingerprint density at radius 2 is 0.810 bits per heavy atom. The Morgan fingerprint density at radius 3 is 1.19 bits per heavy atom. The number of carboxylic acids is 1. The van der Waals surface area contributed by atoms with Crippen LogP contribution >= 0.6 is 11.6 Å². The summed E-state index contributed by atoms with van der Waals surface area (Å²) in [5.74, 6) is -4.26. The number of nitrogens with zero attached hydrogens (tertiary/aromatic N) is 18. The molecule has 36 heteroatoms. The third kappa shape index (κ3) is 14.1. The van der Waals surface area contributed by atoms with Crippen molar-refractivity contribution in [1.82, 2.24) is 88.0 Å². The molecule has 0 spiro atoms. The van der Waals surface area contributed by atoms with E-state index in [1.165, 1.54) is 70.1 Å². The molecule has 0 fully saturated rings. The maximum absolute atomic E-state index is 14.0. The third-order valence-electron chi connectivity index (χ3n) is 14.1. The first-order valence-electron chi connectivity index (χ1n) is 28.5. The number of fused-ring (bicyclic) bond motifs is 3. The highest BCUT2D eigenvalue weighted by atomic mass is 35.5. The van der Waals surface area contributed by atoms with Gasteiger partial charge in [-0.05, 0) is 55.0 Å². The summed E-state index contributed by atoms with van der Waals surface area (Å²) in [7, 11) is 2.46. The zero-order valence-corrected chi connectivity index (χ0v) is 51.7. The summed E-state index contributed by atoms with van der Waals surface area (Å²) in [5.41, 5.74) is 28.6. The van der Waals surface area contributed by atoms with E-state index in [0.717, 1.165) is 29.1 Å². The number of anilines is 4. The summed E-state index contributed by atoms with van der Waals surface area (Å²) in [5, 5.41) is 9.22.